The van der Waals surface area contributed by atoms with Crippen LogP contribution in [0.25, 0.3) is 10.9 Å². The molecule has 51 heavy (non-hydrogen) atoms. The highest BCUT2D eigenvalue weighted by molar-refractivity contribution is 7.92. The van der Waals surface area contributed by atoms with E-state index in [2.05, 4.69) is 20.5 Å². The first kappa shape index (κ1) is 39.9. The van der Waals surface area contributed by atoms with Gasteiger partial charge in [-0.05, 0) is 81.5 Å². The number of sulfonamides is 1. The van der Waals surface area contributed by atoms with Crippen LogP contribution < -0.4 is 9.62 Å². The number of aromatic hydroxyl groups is 1. The van der Waals surface area contributed by atoms with E-state index in [1.807, 2.05) is 19.0 Å². The third-order valence-corrected chi connectivity index (χ3v) is 8.98. The van der Waals surface area contributed by atoms with Crippen molar-refractivity contribution in [2.45, 2.75) is 24.2 Å². The lowest BCUT2D eigenvalue weighted by atomic mass is 10.1. The number of aryl methyl sites for hydroxylation is 1. The lowest BCUT2D eigenvalue weighted by Gasteiger charge is -2.23. The van der Waals surface area contributed by atoms with E-state index in [1.54, 1.807) is 36.4 Å². The Kier molecular flexibility index (Phi) is 14.8. The number of halogens is 1. The molecule has 4 rings (SSSR count). The average molecular weight is 741 g/mol. The zero-order valence-corrected chi connectivity index (χ0v) is 29.3. The van der Waals surface area contributed by atoms with Crippen LogP contribution in [0.1, 0.15) is 18.4 Å². The van der Waals surface area contributed by atoms with Crippen molar-refractivity contribution in [2.75, 3.05) is 38.0 Å². The lowest BCUT2D eigenvalue weighted by molar-refractivity contribution is -0.134. The molecular weight excluding hydrogens is 704 g/mol. The summed E-state index contributed by atoms with van der Waals surface area (Å²) in [7, 11) is -0.269. The number of para-hydroxylation sites is 1. The molecule has 0 atom stereocenters. The topological polar surface area (TPSA) is 222 Å². The molecular formula is C34H37ClN6O9S. The second-order valence-corrected chi connectivity index (χ2v) is 13.4. The summed E-state index contributed by atoms with van der Waals surface area (Å²) < 4.78 is 28.4. The third kappa shape index (κ3) is 12.7. The second-order valence-electron chi connectivity index (χ2n) is 11.1. The van der Waals surface area contributed by atoms with Crippen LogP contribution in [0.5, 0.6) is 5.88 Å². The molecule has 0 fully saturated rings. The number of benzene rings is 3. The molecule has 17 heteroatoms. The van der Waals surface area contributed by atoms with Gasteiger partial charge in [0, 0.05) is 35.5 Å². The van der Waals surface area contributed by atoms with Crippen molar-refractivity contribution < 1.29 is 42.9 Å². The number of carboxylic acid groups (broad SMARTS) is 2. The summed E-state index contributed by atoms with van der Waals surface area (Å²) in [6, 6.07) is 19.2. The zero-order chi connectivity index (χ0) is 37.6. The fraction of sp³-hybridized carbons (Fsp3) is 0.235. The van der Waals surface area contributed by atoms with E-state index in [-0.39, 0.29) is 34.5 Å². The van der Waals surface area contributed by atoms with Gasteiger partial charge in [0.05, 0.1) is 16.1 Å². The smallest absolute Gasteiger partial charge is 0.328 e. The molecule has 0 aliphatic rings. The molecule has 1 aromatic heterocycles. The number of aromatic amines is 1. The number of anilines is 1. The standard InChI is InChI=1S/C30H33ClN6O5S.C4H4O4/c1-36(2)19-5-18-32-27(38)17-10-21-8-15-24(16-9-21)43(41,42)37(23-13-11-22(31)12-14-23)20-28(39)34-35-29-25-6-3-4-7-26(25)33-30(29)40;5-3(6)1-2-4(7)8/h3-4,6-9,11-16,33,40H,5,10,17-20H2,1-2H3,(H,32,38);1-2H,(H,5,6)(H,7,8)/b;2-1+. The number of nitrogens with zero attached hydrogens (tertiary/aromatic N) is 4. The van der Waals surface area contributed by atoms with Crippen LogP contribution in [0.4, 0.5) is 11.4 Å². The van der Waals surface area contributed by atoms with E-state index in [0.29, 0.717) is 41.0 Å². The fourth-order valence-corrected chi connectivity index (χ4v) is 6.00. The summed E-state index contributed by atoms with van der Waals surface area (Å²) >= 11 is 6.01. The van der Waals surface area contributed by atoms with Crippen molar-refractivity contribution >= 4 is 67.7 Å². The molecule has 0 spiro atoms. The van der Waals surface area contributed by atoms with Crippen molar-refractivity contribution in [2.24, 2.45) is 10.2 Å². The van der Waals surface area contributed by atoms with Crippen LogP contribution in [0, 0.1) is 0 Å². The highest BCUT2D eigenvalue weighted by Gasteiger charge is 2.27. The molecule has 0 saturated carbocycles. The number of fused-ring (bicyclic) bond motifs is 1. The minimum atomic E-state index is -4.22. The molecule has 0 bridgehead atoms. The SMILES string of the molecule is CN(C)CCCNC(=O)CCc1ccc(S(=O)(=O)N(CC(=O)N=Nc2c(O)[nH]c3ccccc23)c2ccc(Cl)cc2)cc1.O=C(O)/C=C/C(=O)O. The Balaban J connectivity index is 0.000000783. The maximum absolute atomic E-state index is 13.7. The van der Waals surface area contributed by atoms with Crippen molar-refractivity contribution in [3.8, 4) is 5.88 Å². The normalized spacial score (nSPS) is 11.5. The summed E-state index contributed by atoms with van der Waals surface area (Å²) in [4.78, 5) is 49.0. The van der Waals surface area contributed by atoms with Gasteiger partial charge in [-0.15, -0.1) is 10.2 Å². The number of aliphatic carboxylic acids is 2. The maximum Gasteiger partial charge on any atom is 0.328 e. The summed E-state index contributed by atoms with van der Waals surface area (Å²) in [5, 5.41) is 37.3. The van der Waals surface area contributed by atoms with Gasteiger partial charge < -0.3 is 30.5 Å². The Bertz CT molecular complexity index is 1980. The molecule has 0 saturated heterocycles. The number of nitrogens with one attached hydrogen (secondary N) is 2. The summed E-state index contributed by atoms with van der Waals surface area (Å²) in [6.45, 7) is 0.827. The molecule has 1 heterocycles. The van der Waals surface area contributed by atoms with Crippen LogP contribution in [-0.2, 0) is 35.6 Å². The molecule has 0 aliphatic heterocycles. The maximum atomic E-state index is 13.7. The van der Waals surface area contributed by atoms with E-state index in [0.717, 1.165) is 22.8 Å². The molecule has 0 unspecified atom stereocenters. The van der Waals surface area contributed by atoms with Gasteiger partial charge in [0.15, 0.2) is 5.69 Å². The van der Waals surface area contributed by atoms with Crippen LogP contribution >= 0.6 is 11.6 Å². The largest absolute Gasteiger partial charge is 0.493 e. The highest BCUT2D eigenvalue weighted by Crippen LogP contribution is 2.35. The molecule has 0 radical (unpaired) electrons. The Hall–Kier alpha value is -5.58. The van der Waals surface area contributed by atoms with Crippen molar-refractivity contribution in [3.63, 3.8) is 0 Å². The van der Waals surface area contributed by atoms with Gasteiger partial charge in [0.2, 0.25) is 11.8 Å². The summed E-state index contributed by atoms with van der Waals surface area (Å²) in [6.07, 6.45) is 2.69. The highest BCUT2D eigenvalue weighted by atomic mass is 35.5. The molecule has 2 amide bonds. The molecule has 3 aromatic carbocycles. The number of carbonyl (C=O) groups excluding carboxylic acids is 2. The minimum absolute atomic E-state index is 0.0432. The lowest BCUT2D eigenvalue weighted by Crippen LogP contribution is -2.35. The number of carboxylic acids is 2. The van der Waals surface area contributed by atoms with Gasteiger partial charge in [0.1, 0.15) is 6.54 Å². The number of H-pyrrole nitrogens is 1. The second kappa shape index (κ2) is 19.0. The van der Waals surface area contributed by atoms with E-state index >= 15 is 0 Å². The van der Waals surface area contributed by atoms with E-state index in [4.69, 9.17) is 21.8 Å². The van der Waals surface area contributed by atoms with Crippen LogP contribution in [-0.4, -0.2) is 91.1 Å². The quantitative estimate of drug-likeness (QED) is 0.0639. The molecule has 5 N–H and O–H groups in total. The first-order valence-corrected chi connectivity index (χ1v) is 17.2. The molecule has 0 aliphatic carbocycles. The van der Waals surface area contributed by atoms with E-state index in [1.165, 1.54) is 36.4 Å². The predicted octanol–water partition coefficient (Wildman–Crippen LogP) is 4.75. The number of azo groups is 1. The van der Waals surface area contributed by atoms with Gasteiger partial charge in [0.25, 0.3) is 15.9 Å². The number of rotatable bonds is 15. The van der Waals surface area contributed by atoms with Gasteiger partial charge in [-0.2, -0.15) is 0 Å². The Morgan fingerprint density at radius 1 is 0.922 bits per heavy atom. The predicted molar refractivity (Wildman–Crippen MR) is 191 cm³/mol. The average Bonchev–Trinajstić information content (AvgIpc) is 3.41. The zero-order valence-electron chi connectivity index (χ0n) is 27.7. The number of hydrogen-bond donors (Lipinski definition) is 5. The first-order chi connectivity index (χ1) is 24.2. The molecule has 4 aromatic rings. The molecule has 15 nitrogen and oxygen atoms in total. The summed E-state index contributed by atoms with van der Waals surface area (Å²) in [5.74, 6) is -3.70. The number of amides is 2. The Morgan fingerprint density at radius 3 is 2.16 bits per heavy atom. The van der Waals surface area contributed by atoms with Crippen LogP contribution in [0.15, 0.2) is 100 Å². The number of aromatic nitrogens is 1. The Labute approximate surface area is 298 Å². The van der Waals surface area contributed by atoms with Crippen molar-refractivity contribution in [1.29, 1.82) is 0 Å². The van der Waals surface area contributed by atoms with Crippen LogP contribution in [0.3, 0.4) is 0 Å². The minimum Gasteiger partial charge on any atom is -0.493 e. The molecule has 270 valence electrons. The van der Waals surface area contributed by atoms with Gasteiger partial charge in [-0.1, -0.05) is 41.9 Å². The van der Waals surface area contributed by atoms with Crippen molar-refractivity contribution in [1.82, 2.24) is 15.2 Å². The van der Waals surface area contributed by atoms with E-state index < -0.39 is 34.4 Å². The van der Waals surface area contributed by atoms with Crippen LogP contribution in [0.2, 0.25) is 5.02 Å². The van der Waals surface area contributed by atoms with Crippen molar-refractivity contribution in [3.05, 3.63) is 95.5 Å². The monoisotopic (exact) mass is 740 g/mol. The van der Waals surface area contributed by atoms with Gasteiger partial charge >= 0.3 is 11.9 Å². The van der Waals surface area contributed by atoms with E-state index in [9.17, 15) is 32.7 Å². The number of carbonyl (C=O) groups is 4. The number of hydrogen-bond acceptors (Lipinski definition) is 9. The fourth-order valence-electron chi connectivity index (χ4n) is 4.46. The Morgan fingerprint density at radius 2 is 1.55 bits per heavy atom. The van der Waals surface area contributed by atoms with Gasteiger partial charge in [-0.3, -0.25) is 13.9 Å². The first-order valence-electron chi connectivity index (χ1n) is 15.3. The third-order valence-electron chi connectivity index (χ3n) is 6.94. The summed E-state index contributed by atoms with van der Waals surface area (Å²) in [5.41, 5.74) is 1.68. The van der Waals surface area contributed by atoms with Gasteiger partial charge in [-0.25, -0.2) is 18.0 Å².